The van der Waals surface area contributed by atoms with Crippen molar-refractivity contribution in [3.8, 4) is 0 Å². The smallest absolute Gasteiger partial charge is 0.112 e. The third-order valence-electron chi connectivity index (χ3n) is 2.79. The van der Waals surface area contributed by atoms with Crippen LogP contribution in [-0.2, 0) is 0 Å². The minimum absolute atomic E-state index is 1.09. The molecule has 0 saturated carbocycles. The number of hydrogen-bond donors (Lipinski definition) is 0. The van der Waals surface area contributed by atoms with E-state index in [0.717, 1.165) is 6.42 Å². The van der Waals surface area contributed by atoms with Crippen LogP contribution in [0.1, 0.15) is 12.8 Å². The fraction of sp³-hybridized carbons (Fsp3) is 0.692. The van der Waals surface area contributed by atoms with Crippen LogP contribution in [0.25, 0.3) is 0 Å². The topological polar surface area (TPSA) is 3.24 Å². The molecular weight excluding hydrogens is 226 g/mol. The monoisotopic (exact) mass is 255 g/mol. The maximum Gasteiger partial charge on any atom is 0.112 e. The summed E-state index contributed by atoms with van der Waals surface area (Å²) in [5.41, 5.74) is 1.17. The van der Waals surface area contributed by atoms with Crippen molar-refractivity contribution in [2.24, 2.45) is 0 Å². The Hall–Kier alpha value is -0.126. The van der Waals surface area contributed by atoms with Crippen molar-refractivity contribution in [2.45, 2.75) is 52.1 Å². The van der Waals surface area contributed by atoms with E-state index in [9.17, 15) is 0 Å². The lowest BCUT2D eigenvalue weighted by Crippen LogP contribution is -2.59. The van der Waals surface area contributed by atoms with Gasteiger partial charge in [0.2, 0.25) is 0 Å². The van der Waals surface area contributed by atoms with Crippen molar-refractivity contribution in [1.29, 1.82) is 0 Å². The van der Waals surface area contributed by atoms with Gasteiger partial charge < -0.3 is 4.23 Å². The van der Waals surface area contributed by atoms with E-state index in [-0.39, 0.29) is 0 Å². The van der Waals surface area contributed by atoms with E-state index < -0.39 is 16.5 Å². The zero-order chi connectivity index (χ0) is 13.0. The van der Waals surface area contributed by atoms with E-state index in [4.69, 9.17) is 0 Å². The first-order chi connectivity index (χ1) is 7.09. The molecule has 0 aliphatic rings. The van der Waals surface area contributed by atoms with Gasteiger partial charge in [-0.2, -0.15) is 0 Å². The minimum Gasteiger partial charge on any atom is -0.346 e. The van der Waals surface area contributed by atoms with Gasteiger partial charge in [-0.1, -0.05) is 64.1 Å². The molecule has 0 amide bonds. The molecule has 0 fully saturated rings. The predicted octanol–water partition coefficient (Wildman–Crippen LogP) is 4.48. The second-order valence-corrected chi connectivity index (χ2v) is 16.7. The Morgan fingerprint density at radius 3 is 1.81 bits per heavy atom. The first-order valence-corrected chi connectivity index (χ1v) is 13.1. The van der Waals surface area contributed by atoms with Gasteiger partial charge in [-0.25, -0.2) is 0 Å². The molecule has 0 unspecified atom stereocenters. The van der Waals surface area contributed by atoms with Crippen LogP contribution in [0.2, 0.25) is 39.3 Å². The lowest BCUT2D eigenvalue weighted by molar-refractivity contribution is 0.582. The van der Waals surface area contributed by atoms with E-state index in [2.05, 4.69) is 56.7 Å². The first-order valence-electron chi connectivity index (χ1n) is 6.17. The van der Waals surface area contributed by atoms with Gasteiger partial charge in [0, 0.05) is 0 Å². The fourth-order valence-electron chi connectivity index (χ4n) is 2.24. The Morgan fingerprint density at radius 1 is 1.06 bits per heavy atom. The summed E-state index contributed by atoms with van der Waals surface area (Å²) in [5.74, 6) is 0. The van der Waals surface area contributed by atoms with Crippen molar-refractivity contribution in [2.75, 3.05) is 6.54 Å². The summed E-state index contributed by atoms with van der Waals surface area (Å²) < 4.78 is 2.83. The normalized spacial score (nSPS) is 12.9. The van der Waals surface area contributed by atoms with Gasteiger partial charge in [-0.15, -0.1) is 0 Å². The van der Waals surface area contributed by atoms with Crippen LogP contribution in [0.15, 0.2) is 24.8 Å². The Kier molecular flexibility index (Phi) is 5.94. The average molecular weight is 256 g/mol. The summed E-state index contributed by atoms with van der Waals surface area (Å²) in [6, 6.07) is 0. The van der Waals surface area contributed by atoms with Gasteiger partial charge in [-0.05, 0) is 19.4 Å². The molecule has 0 radical (unpaired) electrons. The highest BCUT2D eigenvalue weighted by atomic mass is 28.4. The lowest BCUT2D eigenvalue weighted by Gasteiger charge is -2.43. The van der Waals surface area contributed by atoms with E-state index in [1.807, 2.05) is 6.08 Å². The number of hydrogen-bond acceptors (Lipinski definition) is 1. The van der Waals surface area contributed by atoms with Gasteiger partial charge in [0.15, 0.2) is 0 Å². The van der Waals surface area contributed by atoms with Crippen molar-refractivity contribution < 1.29 is 0 Å². The SMILES string of the molecule is C=CC(=C)CCCN([Si](C)(C)C)[Si](C)(C)C. The largest absolute Gasteiger partial charge is 0.346 e. The Labute approximate surface area is 104 Å². The highest BCUT2D eigenvalue weighted by Gasteiger charge is 2.33. The molecule has 3 heteroatoms. The second-order valence-electron chi connectivity index (χ2n) is 6.46. The molecule has 94 valence electrons. The third kappa shape index (κ3) is 5.82. The molecular formula is C13H29NSi2. The summed E-state index contributed by atoms with van der Waals surface area (Å²) >= 11 is 0. The molecule has 0 aliphatic heterocycles. The lowest BCUT2D eigenvalue weighted by atomic mass is 10.2. The zero-order valence-corrected chi connectivity index (χ0v) is 14.1. The molecule has 0 bridgehead atoms. The van der Waals surface area contributed by atoms with Gasteiger partial charge in [0.05, 0.1) is 0 Å². The van der Waals surface area contributed by atoms with Crippen LogP contribution in [0.5, 0.6) is 0 Å². The van der Waals surface area contributed by atoms with Crippen molar-refractivity contribution in [3.63, 3.8) is 0 Å². The van der Waals surface area contributed by atoms with Gasteiger partial charge >= 0.3 is 0 Å². The van der Waals surface area contributed by atoms with Crippen LogP contribution < -0.4 is 0 Å². The second kappa shape index (κ2) is 5.98. The molecule has 0 aromatic rings. The number of rotatable bonds is 7. The van der Waals surface area contributed by atoms with Crippen molar-refractivity contribution in [1.82, 2.24) is 4.23 Å². The Morgan fingerprint density at radius 2 is 1.50 bits per heavy atom. The highest BCUT2D eigenvalue weighted by molar-refractivity contribution is 6.89. The van der Waals surface area contributed by atoms with E-state index in [1.54, 1.807) is 0 Å². The summed E-state index contributed by atoms with van der Waals surface area (Å²) in [5, 5.41) is 0. The quantitative estimate of drug-likeness (QED) is 0.479. The summed E-state index contributed by atoms with van der Waals surface area (Å²) in [7, 11) is -2.33. The van der Waals surface area contributed by atoms with Crippen LogP contribution in [-0.4, -0.2) is 27.2 Å². The summed E-state index contributed by atoms with van der Waals surface area (Å²) in [6.07, 6.45) is 4.20. The molecule has 0 heterocycles. The molecule has 0 spiro atoms. The molecule has 0 saturated heterocycles. The molecule has 0 aromatic heterocycles. The van der Waals surface area contributed by atoms with E-state index in [1.165, 1.54) is 18.5 Å². The van der Waals surface area contributed by atoms with Crippen molar-refractivity contribution in [3.05, 3.63) is 24.8 Å². The average Bonchev–Trinajstić information content (AvgIpc) is 2.07. The first kappa shape index (κ1) is 15.9. The molecule has 0 aliphatic carbocycles. The Balaban J connectivity index is 4.37. The van der Waals surface area contributed by atoms with Crippen molar-refractivity contribution >= 4 is 16.5 Å². The molecule has 0 rings (SSSR count). The molecule has 1 nitrogen and oxygen atoms in total. The minimum atomic E-state index is -1.16. The Bertz CT molecular complexity index is 232. The van der Waals surface area contributed by atoms with E-state index >= 15 is 0 Å². The standard InChI is InChI=1S/C13H29NSi2/c1-9-13(2)11-10-12-14(15(3,4)5)16(6,7)8/h9H,1-2,10-12H2,3-8H3. The number of nitrogens with zero attached hydrogens (tertiary/aromatic N) is 1. The third-order valence-corrected chi connectivity index (χ3v) is 10.5. The van der Waals surface area contributed by atoms with Crippen LogP contribution >= 0.6 is 0 Å². The molecule has 0 aromatic carbocycles. The summed E-state index contributed by atoms with van der Waals surface area (Å²) in [4.78, 5) is 0. The van der Waals surface area contributed by atoms with Gasteiger partial charge in [-0.3, -0.25) is 0 Å². The van der Waals surface area contributed by atoms with Crippen LogP contribution in [0, 0.1) is 0 Å². The summed E-state index contributed by atoms with van der Waals surface area (Å²) in [6.45, 7) is 23.7. The van der Waals surface area contributed by atoms with Crippen LogP contribution in [0.4, 0.5) is 0 Å². The predicted molar refractivity (Wildman–Crippen MR) is 82.0 cm³/mol. The highest BCUT2D eigenvalue weighted by Crippen LogP contribution is 2.20. The maximum atomic E-state index is 3.98. The van der Waals surface area contributed by atoms with Gasteiger partial charge in [0.1, 0.15) is 16.5 Å². The van der Waals surface area contributed by atoms with Crippen LogP contribution in [0.3, 0.4) is 0 Å². The van der Waals surface area contributed by atoms with Gasteiger partial charge in [0.25, 0.3) is 0 Å². The van der Waals surface area contributed by atoms with E-state index in [0.29, 0.717) is 0 Å². The molecule has 0 atom stereocenters. The zero-order valence-electron chi connectivity index (χ0n) is 12.1. The molecule has 16 heavy (non-hydrogen) atoms. The molecule has 0 N–H and O–H groups in total. The maximum absolute atomic E-state index is 3.98. The number of allylic oxidation sites excluding steroid dienone is 2. The fourth-order valence-corrected chi connectivity index (χ4v) is 12.0.